The van der Waals surface area contributed by atoms with Crippen LogP contribution in [0.4, 0.5) is 9.18 Å². The molecule has 1 aromatic carbocycles. The SMILES string of the molecule is COc1cccc(CNC(=O)C(=O)N2CCC3(CC2)CN(C)C(=O)O3)c1F. The molecule has 3 rings (SSSR count). The van der Waals surface area contributed by atoms with E-state index in [0.717, 1.165) is 0 Å². The minimum Gasteiger partial charge on any atom is -0.494 e. The molecular weight excluding hydrogens is 357 g/mol. The number of benzene rings is 1. The predicted molar refractivity (Wildman–Crippen MR) is 92.5 cm³/mol. The summed E-state index contributed by atoms with van der Waals surface area (Å²) in [6.45, 7) is 1.00. The standard InChI is InChI=1S/C18H22FN3O5/c1-21-11-18(27-17(21)25)6-8-22(9-7-18)16(24)15(23)20-10-12-4-3-5-13(26-2)14(12)19/h3-5H,6-11H2,1-2H3,(H,20,23). The van der Waals surface area contributed by atoms with Crippen LogP contribution >= 0.6 is 0 Å². The van der Waals surface area contributed by atoms with E-state index in [0.29, 0.717) is 32.5 Å². The molecule has 27 heavy (non-hydrogen) atoms. The lowest BCUT2D eigenvalue weighted by atomic mass is 9.91. The number of likely N-dealkylation sites (tertiary alicyclic amines) is 1. The lowest BCUT2D eigenvalue weighted by molar-refractivity contribution is -0.148. The van der Waals surface area contributed by atoms with Gasteiger partial charge in [-0.2, -0.15) is 0 Å². The number of hydrogen-bond acceptors (Lipinski definition) is 5. The van der Waals surface area contributed by atoms with E-state index in [2.05, 4.69) is 5.32 Å². The Hall–Kier alpha value is -2.84. The van der Waals surface area contributed by atoms with E-state index in [1.165, 1.54) is 29.0 Å². The zero-order valence-electron chi connectivity index (χ0n) is 15.3. The quantitative estimate of drug-likeness (QED) is 0.789. The summed E-state index contributed by atoms with van der Waals surface area (Å²) in [5, 5.41) is 2.44. The Morgan fingerprint density at radius 3 is 2.63 bits per heavy atom. The molecule has 2 aliphatic rings. The molecule has 8 nitrogen and oxygen atoms in total. The van der Waals surface area contributed by atoms with Crippen molar-refractivity contribution in [2.45, 2.75) is 25.0 Å². The Balaban J connectivity index is 1.53. The summed E-state index contributed by atoms with van der Waals surface area (Å²) < 4.78 is 24.4. The van der Waals surface area contributed by atoms with Crippen LogP contribution in [0.5, 0.6) is 5.75 Å². The number of rotatable bonds is 3. The van der Waals surface area contributed by atoms with E-state index < -0.39 is 23.2 Å². The van der Waals surface area contributed by atoms with Crippen LogP contribution in [0, 0.1) is 5.82 Å². The highest BCUT2D eigenvalue weighted by Crippen LogP contribution is 2.32. The first-order valence-electron chi connectivity index (χ1n) is 8.68. The summed E-state index contributed by atoms with van der Waals surface area (Å²) >= 11 is 0. The van der Waals surface area contributed by atoms with Crippen LogP contribution in [0.25, 0.3) is 0 Å². The molecule has 0 atom stereocenters. The smallest absolute Gasteiger partial charge is 0.410 e. The highest BCUT2D eigenvalue weighted by atomic mass is 19.1. The zero-order chi connectivity index (χ0) is 19.6. The Kier molecular flexibility index (Phi) is 5.20. The number of methoxy groups -OCH3 is 1. The van der Waals surface area contributed by atoms with Gasteiger partial charge >= 0.3 is 17.9 Å². The van der Waals surface area contributed by atoms with Gasteiger partial charge in [-0.3, -0.25) is 9.59 Å². The summed E-state index contributed by atoms with van der Waals surface area (Å²) in [6.07, 6.45) is 0.590. The number of nitrogens with one attached hydrogen (secondary N) is 1. The third-order valence-corrected chi connectivity index (χ3v) is 5.00. The Bertz CT molecular complexity index is 761. The van der Waals surface area contributed by atoms with Crippen LogP contribution in [-0.4, -0.2) is 67.1 Å². The van der Waals surface area contributed by atoms with Crippen LogP contribution in [0.3, 0.4) is 0 Å². The molecule has 0 unspecified atom stereocenters. The largest absolute Gasteiger partial charge is 0.494 e. The number of ether oxygens (including phenoxy) is 2. The summed E-state index contributed by atoms with van der Waals surface area (Å²) in [4.78, 5) is 39.0. The highest BCUT2D eigenvalue weighted by molar-refractivity contribution is 6.35. The van der Waals surface area contributed by atoms with Crippen molar-refractivity contribution < 1.29 is 28.2 Å². The van der Waals surface area contributed by atoms with E-state index in [4.69, 9.17) is 9.47 Å². The van der Waals surface area contributed by atoms with Gasteiger partial charge in [0.1, 0.15) is 5.60 Å². The van der Waals surface area contributed by atoms with E-state index >= 15 is 0 Å². The highest BCUT2D eigenvalue weighted by Gasteiger charge is 2.46. The van der Waals surface area contributed by atoms with Crippen LogP contribution in [0.15, 0.2) is 18.2 Å². The molecule has 0 aliphatic carbocycles. The van der Waals surface area contributed by atoms with Gasteiger partial charge in [0, 0.05) is 45.1 Å². The van der Waals surface area contributed by atoms with Gasteiger partial charge < -0.3 is 24.6 Å². The molecular formula is C18H22FN3O5. The fourth-order valence-electron chi connectivity index (χ4n) is 3.41. The van der Waals surface area contributed by atoms with Gasteiger partial charge in [-0.15, -0.1) is 0 Å². The topological polar surface area (TPSA) is 88.2 Å². The minimum atomic E-state index is -0.797. The van der Waals surface area contributed by atoms with Crippen molar-refractivity contribution in [1.82, 2.24) is 15.1 Å². The van der Waals surface area contributed by atoms with Crippen molar-refractivity contribution >= 4 is 17.9 Å². The molecule has 1 aromatic rings. The summed E-state index contributed by atoms with van der Waals surface area (Å²) in [6, 6.07) is 4.59. The van der Waals surface area contributed by atoms with Crippen molar-refractivity contribution in [3.63, 3.8) is 0 Å². The minimum absolute atomic E-state index is 0.0745. The predicted octanol–water partition coefficient (Wildman–Crippen LogP) is 0.894. The maximum Gasteiger partial charge on any atom is 0.410 e. The number of halogens is 1. The molecule has 0 bridgehead atoms. The maximum absolute atomic E-state index is 14.1. The van der Waals surface area contributed by atoms with Crippen LogP contribution in [0.2, 0.25) is 0 Å². The normalized spacial score (nSPS) is 18.4. The molecule has 146 valence electrons. The average molecular weight is 379 g/mol. The third kappa shape index (κ3) is 3.81. The number of amides is 3. The molecule has 2 fully saturated rings. The second-order valence-electron chi connectivity index (χ2n) is 6.82. The average Bonchev–Trinajstić information content (AvgIpc) is 2.93. The maximum atomic E-state index is 14.1. The van der Waals surface area contributed by atoms with Crippen molar-refractivity contribution in [2.24, 2.45) is 0 Å². The number of nitrogens with zero attached hydrogens (tertiary/aromatic N) is 2. The molecule has 2 saturated heterocycles. The molecule has 2 heterocycles. The van der Waals surface area contributed by atoms with Crippen LogP contribution in [0.1, 0.15) is 18.4 Å². The van der Waals surface area contributed by atoms with Crippen molar-refractivity contribution in [1.29, 1.82) is 0 Å². The number of carbonyl (C=O) groups excluding carboxylic acids is 3. The van der Waals surface area contributed by atoms with Crippen molar-refractivity contribution in [3.8, 4) is 5.75 Å². The second-order valence-corrected chi connectivity index (χ2v) is 6.82. The second kappa shape index (κ2) is 7.42. The van der Waals surface area contributed by atoms with Gasteiger partial charge in [0.2, 0.25) is 0 Å². The number of likely N-dealkylation sites (N-methyl/N-ethyl adjacent to an activating group) is 1. The Morgan fingerprint density at radius 1 is 1.33 bits per heavy atom. The van der Waals surface area contributed by atoms with Gasteiger partial charge in [0.15, 0.2) is 11.6 Å². The Morgan fingerprint density at radius 2 is 2.04 bits per heavy atom. The number of piperidine rings is 1. The van der Waals surface area contributed by atoms with Gasteiger partial charge in [-0.1, -0.05) is 12.1 Å². The third-order valence-electron chi connectivity index (χ3n) is 5.00. The van der Waals surface area contributed by atoms with E-state index in [-0.39, 0.29) is 24.0 Å². The summed E-state index contributed by atoms with van der Waals surface area (Å²) in [5.74, 6) is -1.97. The molecule has 0 aromatic heterocycles. The summed E-state index contributed by atoms with van der Waals surface area (Å²) in [5.41, 5.74) is -0.350. The fraction of sp³-hybridized carbons (Fsp3) is 0.500. The van der Waals surface area contributed by atoms with Crippen LogP contribution in [-0.2, 0) is 20.9 Å². The molecule has 3 amide bonds. The van der Waals surface area contributed by atoms with E-state index in [9.17, 15) is 18.8 Å². The van der Waals surface area contributed by atoms with Crippen molar-refractivity contribution in [2.75, 3.05) is 33.8 Å². The first-order valence-corrected chi connectivity index (χ1v) is 8.68. The number of hydrogen-bond donors (Lipinski definition) is 1. The molecule has 1 spiro atoms. The number of carbonyl (C=O) groups is 3. The Labute approximate surface area is 156 Å². The van der Waals surface area contributed by atoms with Gasteiger partial charge in [0.25, 0.3) is 0 Å². The van der Waals surface area contributed by atoms with Crippen molar-refractivity contribution in [3.05, 3.63) is 29.6 Å². The van der Waals surface area contributed by atoms with Gasteiger partial charge in [-0.25, -0.2) is 9.18 Å². The van der Waals surface area contributed by atoms with Gasteiger partial charge in [-0.05, 0) is 6.07 Å². The fourth-order valence-corrected chi connectivity index (χ4v) is 3.41. The first-order chi connectivity index (χ1) is 12.8. The first kappa shape index (κ1) is 18.9. The monoisotopic (exact) mass is 379 g/mol. The van der Waals surface area contributed by atoms with E-state index in [1.807, 2.05) is 0 Å². The molecule has 2 aliphatic heterocycles. The molecule has 0 radical (unpaired) electrons. The lowest BCUT2D eigenvalue weighted by Gasteiger charge is -2.36. The zero-order valence-corrected chi connectivity index (χ0v) is 15.3. The lowest BCUT2D eigenvalue weighted by Crippen LogP contribution is -2.52. The van der Waals surface area contributed by atoms with E-state index in [1.54, 1.807) is 13.1 Å². The molecule has 0 saturated carbocycles. The van der Waals surface area contributed by atoms with Crippen LogP contribution < -0.4 is 10.1 Å². The molecule has 9 heteroatoms. The molecule has 1 N–H and O–H groups in total. The van der Waals surface area contributed by atoms with Gasteiger partial charge in [0.05, 0.1) is 13.7 Å². The summed E-state index contributed by atoms with van der Waals surface area (Å²) in [7, 11) is 3.02.